The van der Waals surface area contributed by atoms with Gasteiger partial charge in [0.2, 0.25) is 10.0 Å². The topological polar surface area (TPSA) is 106 Å². The van der Waals surface area contributed by atoms with Crippen molar-refractivity contribution in [1.82, 2.24) is 9.29 Å². The van der Waals surface area contributed by atoms with Crippen molar-refractivity contribution in [3.8, 4) is 5.75 Å². The molecule has 1 N–H and O–H groups in total. The maximum absolute atomic E-state index is 12.8. The summed E-state index contributed by atoms with van der Waals surface area (Å²) in [5.41, 5.74) is 3.11. The third kappa shape index (κ3) is 6.15. The standard InChI is InChI=1S/C17H20N2O4S.C2HF3O2/c1-22-12-14-10-18-9-13-11-19(8-7-17(13)14)24(20,21)16-5-3-15(23-2)4-6-16;3-2(4,5)1(6)7/h3-6,9-10H,7-8,11-12H2,1-2H3;(H,6,7). The first-order valence-electron chi connectivity index (χ1n) is 8.88. The lowest BCUT2D eigenvalue weighted by Gasteiger charge is -2.29. The highest BCUT2D eigenvalue weighted by Crippen LogP contribution is 2.27. The largest absolute Gasteiger partial charge is 0.497 e. The first kappa shape index (κ1) is 24.6. The van der Waals surface area contributed by atoms with E-state index in [-0.39, 0.29) is 4.90 Å². The summed E-state index contributed by atoms with van der Waals surface area (Å²) in [5, 5.41) is 7.12. The summed E-state index contributed by atoms with van der Waals surface area (Å²) < 4.78 is 69.2. The maximum atomic E-state index is 12.8. The van der Waals surface area contributed by atoms with Crippen LogP contribution in [0.3, 0.4) is 0 Å². The zero-order chi connectivity index (χ0) is 23.2. The van der Waals surface area contributed by atoms with Gasteiger partial charge in [-0.15, -0.1) is 0 Å². The molecule has 0 saturated heterocycles. The number of aliphatic carboxylic acids is 1. The van der Waals surface area contributed by atoms with Gasteiger partial charge in [0.25, 0.3) is 0 Å². The number of carboxylic acid groups (broad SMARTS) is 1. The fraction of sp³-hybridized carbons (Fsp3) is 0.368. The van der Waals surface area contributed by atoms with Gasteiger partial charge in [0, 0.05) is 32.6 Å². The minimum Gasteiger partial charge on any atom is -0.497 e. The van der Waals surface area contributed by atoms with Crippen LogP contribution in [0.5, 0.6) is 5.75 Å². The number of nitrogens with zero attached hydrogens (tertiary/aromatic N) is 2. The first-order valence-corrected chi connectivity index (χ1v) is 10.3. The van der Waals surface area contributed by atoms with Gasteiger partial charge in [-0.05, 0) is 47.4 Å². The third-order valence-corrected chi connectivity index (χ3v) is 6.29. The summed E-state index contributed by atoms with van der Waals surface area (Å²) in [6.45, 7) is 1.26. The monoisotopic (exact) mass is 462 g/mol. The lowest BCUT2D eigenvalue weighted by Crippen LogP contribution is -2.36. The Hall–Kier alpha value is -2.70. The van der Waals surface area contributed by atoms with E-state index < -0.39 is 22.2 Å². The number of alkyl halides is 3. The van der Waals surface area contributed by atoms with Crippen molar-refractivity contribution >= 4 is 16.0 Å². The quantitative estimate of drug-likeness (QED) is 0.728. The second-order valence-electron chi connectivity index (χ2n) is 6.44. The van der Waals surface area contributed by atoms with E-state index in [1.807, 2.05) is 0 Å². The highest BCUT2D eigenvalue weighted by molar-refractivity contribution is 7.89. The van der Waals surface area contributed by atoms with Crippen LogP contribution in [-0.4, -0.2) is 55.7 Å². The summed E-state index contributed by atoms with van der Waals surface area (Å²) in [4.78, 5) is 13.4. The van der Waals surface area contributed by atoms with Crippen molar-refractivity contribution in [2.45, 2.75) is 30.6 Å². The molecule has 0 radical (unpaired) electrons. The summed E-state index contributed by atoms with van der Waals surface area (Å²) >= 11 is 0. The van der Waals surface area contributed by atoms with Gasteiger partial charge in [-0.3, -0.25) is 4.98 Å². The molecule has 170 valence electrons. The van der Waals surface area contributed by atoms with Crippen LogP contribution in [0.15, 0.2) is 41.6 Å². The molecule has 0 amide bonds. The normalized spacial score (nSPS) is 14.2. The minimum atomic E-state index is -5.08. The second kappa shape index (κ2) is 10.1. The van der Waals surface area contributed by atoms with Crippen LogP contribution in [-0.2, 0) is 39.1 Å². The minimum absolute atomic E-state index is 0.271. The Morgan fingerprint density at radius 1 is 1.19 bits per heavy atom. The number of carbonyl (C=O) groups is 1. The number of fused-ring (bicyclic) bond motifs is 1. The molecule has 1 aromatic heterocycles. The Balaban J connectivity index is 0.000000423. The number of hydrogen-bond donors (Lipinski definition) is 1. The van der Waals surface area contributed by atoms with Crippen LogP contribution < -0.4 is 4.74 Å². The van der Waals surface area contributed by atoms with Gasteiger partial charge in [-0.1, -0.05) is 0 Å². The summed E-state index contributed by atoms with van der Waals surface area (Å²) in [6, 6.07) is 6.46. The number of sulfonamides is 1. The molecule has 8 nitrogen and oxygen atoms in total. The summed E-state index contributed by atoms with van der Waals surface area (Å²) in [6.07, 6.45) is -0.897. The molecule has 0 aliphatic carbocycles. The molecule has 1 aromatic carbocycles. The number of halogens is 3. The van der Waals surface area contributed by atoms with E-state index in [2.05, 4.69) is 4.98 Å². The van der Waals surface area contributed by atoms with Crippen molar-refractivity contribution in [3.05, 3.63) is 53.3 Å². The second-order valence-corrected chi connectivity index (χ2v) is 8.37. The van der Waals surface area contributed by atoms with Gasteiger partial charge < -0.3 is 14.6 Å². The fourth-order valence-corrected chi connectivity index (χ4v) is 4.34. The van der Waals surface area contributed by atoms with Gasteiger partial charge in [0.05, 0.1) is 18.6 Å². The van der Waals surface area contributed by atoms with Gasteiger partial charge in [0.1, 0.15) is 5.75 Å². The molecule has 31 heavy (non-hydrogen) atoms. The smallest absolute Gasteiger partial charge is 0.490 e. The van der Waals surface area contributed by atoms with Crippen molar-refractivity contribution in [1.29, 1.82) is 0 Å². The predicted molar refractivity (Wildman–Crippen MR) is 103 cm³/mol. The third-order valence-electron chi connectivity index (χ3n) is 4.43. The Bertz CT molecular complexity index is 1010. The number of methoxy groups -OCH3 is 2. The number of hydrogen-bond acceptors (Lipinski definition) is 6. The maximum Gasteiger partial charge on any atom is 0.490 e. The van der Waals surface area contributed by atoms with Crippen LogP contribution in [0.25, 0.3) is 0 Å². The predicted octanol–water partition coefficient (Wildman–Crippen LogP) is 2.62. The number of aromatic nitrogens is 1. The Morgan fingerprint density at radius 3 is 2.32 bits per heavy atom. The van der Waals surface area contributed by atoms with Crippen molar-refractivity contribution in [2.24, 2.45) is 0 Å². The molecule has 0 atom stereocenters. The van der Waals surface area contributed by atoms with Crippen LogP contribution in [0.1, 0.15) is 16.7 Å². The van der Waals surface area contributed by atoms with Gasteiger partial charge in [-0.25, -0.2) is 13.2 Å². The Kier molecular flexibility index (Phi) is 7.98. The van der Waals surface area contributed by atoms with Gasteiger partial charge in [0.15, 0.2) is 0 Å². The molecule has 2 aromatic rings. The highest BCUT2D eigenvalue weighted by Gasteiger charge is 2.38. The number of rotatable bonds is 5. The highest BCUT2D eigenvalue weighted by atomic mass is 32.2. The fourth-order valence-electron chi connectivity index (χ4n) is 2.92. The number of benzene rings is 1. The van der Waals surface area contributed by atoms with E-state index >= 15 is 0 Å². The molecule has 2 heterocycles. The average molecular weight is 462 g/mol. The zero-order valence-corrected chi connectivity index (χ0v) is 17.5. The molecule has 0 spiro atoms. The van der Waals surface area contributed by atoms with Crippen LogP contribution in [0.2, 0.25) is 0 Å². The lowest BCUT2D eigenvalue weighted by atomic mass is 9.99. The molecule has 12 heteroatoms. The molecule has 0 unspecified atom stereocenters. The van der Waals surface area contributed by atoms with E-state index in [1.54, 1.807) is 50.9 Å². The molecule has 0 bridgehead atoms. The van der Waals surface area contributed by atoms with E-state index in [0.717, 1.165) is 16.7 Å². The molecule has 1 aliphatic heterocycles. The van der Waals surface area contributed by atoms with Crippen molar-refractivity contribution in [3.63, 3.8) is 0 Å². The Labute approximate surface area is 177 Å². The molecule has 0 fully saturated rings. The molecule has 0 saturated carbocycles. The first-order chi connectivity index (χ1) is 14.5. The average Bonchev–Trinajstić information content (AvgIpc) is 2.73. The molecular weight excluding hydrogens is 441 g/mol. The molecular formula is C19H21F3N2O6S. The number of ether oxygens (including phenoxy) is 2. The SMILES string of the molecule is COCc1cncc2c1CCN(S(=O)(=O)c1ccc(OC)cc1)C2.O=C(O)C(F)(F)F. The zero-order valence-electron chi connectivity index (χ0n) is 16.7. The van der Waals surface area contributed by atoms with Crippen LogP contribution in [0, 0.1) is 0 Å². The van der Waals surface area contributed by atoms with Crippen molar-refractivity contribution < 1.29 is 41.0 Å². The van der Waals surface area contributed by atoms with E-state index in [4.69, 9.17) is 19.4 Å². The molecule has 1 aliphatic rings. The summed E-state index contributed by atoms with van der Waals surface area (Å²) in [7, 11) is -0.343. The number of carboxylic acids is 1. The number of pyridine rings is 1. The van der Waals surface area contributed by atoms with Crippen LogP contribution in [0.4, 0.5) is 13.2 Å². The molecule has 3 rings (SSSR count). The lowest BCUT2D eigenvalue weighted by molar-refractivity contribution is -0.192. The van der Waals surface area contributed by atoms with E-state index in [9.17, 15) is 21.6 Å². The van der Waals surface area contributed by atoms with Crippen LogP contribution >= 0.6 is 0 Å². The van der Waals surface area contributed by atoms with Crippen molar-refractivity contribution in [2.75, 3.05) is 20.8 Å². The van der Waals surface area contributed by atoms with E-state index in [0.29, 0.717) is 31.9 Å². The Morgan fingerprint density at radius 2 is 1.81 bits per heavy atom. The van der Waals surface area contributed by atoms with E-state index in [1.165, 1.54) is 4.31 Å². The van der Waals surface area contributed by atoms with Gasteiger partial charge >= 0.3 is 12.1 Å². The van der Waals surface area contributed by atoms with Gasteiger partial charge in [-0.2, -0.15) is 17.5 Å². The summed E-state index contributed by atoms with van der Waals surface area (Å²) in [5.74, 6) is -2.13.